The molecule has 4 N–H and O–H groups in total. The number of carbonyl (C=O) groups is 1. The first-order valence-corrected chi connectivity index (χ1v) is 18.8. The van der Waals surface area contributed by atoms with E-state index in [1.54, 1.807) is 42.2 Å². The van der Waals surface area contributed by atoms with Crippen molar-refractivity contribution in [1.82, 2.24) is 30.1 Å². The Labute approximate surface area is 298 Å². The lowest BCUT2D eigenvalue weighted by Crippen LogP contribution is -2.47. The van der Waals surface area contributed by atoms with Crippen LogP contribution >= 0.6 is 22.7 Å². The fourth-order valence-electron chi connectivity index (χ4n) is 5.75. The number of aromatic amines is 1. The molecule has 6 rings (SSSR count). The second-order valence-corrected chi connectivity index (χ2v) is 15.4. The fourth-order valence-corrected chi connectivity index (χ4v) is 9.13. The zero-order chi connectivity index (χ0) is 35.1. The number of H-pyrrole nitrogens is 1. The Hall–Kier alpha value is -4.86. The van der Waals surface area contributed by atoms with E-state index in [1.165, 1.54) is 34.1 Å². The van der Waals surface area contributed by atoms with E-state index in [-0.39, 0.29) is 35.7 Å². The van der Waals surface area contributed by atoms with E-state index in [0.717, 1.165) is 20.7 Å². The molecular weight excluding hydrogens is 693 g/mol. The molecular formula is C36H36N6O5S3. The SMILES string of the molecule is C=C(N[C@H](C(=O)NCc1ccc([C@@H](CO)N(Cc2cn[nH]c2)S(=O)(=O)c2ccc3scnc3c2)s1)C(c1ccccc1)c1ccccc1)OC. The summed E-state index contributed by atoms with van der Waals surface area (Å²) < 4.78 is 35.9. The molecule has 0 aliphatic carbocycles. The highest BCUT2D eigenvalue weighted by Crippen LogP contribution is 2.35. The number of methoxy groups -OCH3 is 1. The summed E-state index contributed by atoms with van der Waals surface area (Å²) in [6.07, 6.45) is 3.17. The van der Waals surface area contributed by atoms with Crippen LogP contribution in [0.2, 0.25) is 0 Å². The van der Waals surface area contributed by atoms with Crippen LogP contribution in [0.4, 0.5) is 0 Å². The number of rotatable bonds is 16. The zero-order valence-electron chi connectivity index (χ0n) is 27.1. The summed E-state index contributed by atoms with van der Waals surface area (Å²) in [4.78, 5) is 19.8. The van der Waals surface area contributed by atoms with Gasteiger partial charge in [0.25, 0.3) is 0 Å². The predicted octanol–water partition coefficient (Wildman–Crippen LogP) is 5.53. The molecule has 0 saturated heterocycles. The third kappa shape index (κ3) is 7.79. The third-order valence-corrected chi connectivity index (χ3v) is 12.1. The Morgan fingerprint density at radius 3 is 2.40 bits per heavy atom. The maximum atomic E-state index is 14.2. The van der Waals surface area contributed by atoms with Crippen LogP contribution in [0.5, 0.6) is 0 Å². The molecule has 0 fully saturated rings. The topological polar surface area (TPSA) is 150 Å². The van der Waals surface area contributed by atoms with Crippen molar-refractivity contribution in [2.45, 2.75) is 36.0 Å². The number of amides is 1. The average Bonchev–Trinajstić information content (AvgIpc) is 3.94. The standard InChI is InChI=1S/C36H36N6O5S3/c1-24(47-2)41-35(34(26-9-5-3-6-10-26)27-11-7-4-8-12-27)36(44)37-20-28-13-15-33(49-28)31(22-43)42(21-25-18-39-40-19-25)50(45,46)29-14-16-32-30(17-29)38-23-48-32/h3-19,23,31,34-35,41,43H,1,20-22H2,2H3,(H,37,44)(H,39,40)/t31-,35+/m1/s1. The number of nitrogens with one attached hydrogen (secondary N) is 3. The quantitative estimate of drug-likeness (QED) is 0.0952. The Morgan fingerprint density at radius 1 is 1.04 bits per heavy atom. The van der Waals surface area contributed by atoms with Crippen molar-refractivity contribution in [3.05, 3.63) is 148 Å². The number of carbonyl (C=O) groups excluding carboxylic acids is 1. The van der Waals surface area contributed by atoms with Gasteiger partial charge in [-0.05, 0) is 48.0 Å². The lowest BCUT2D eigenvalue weighted by atomic mass is 9.84. The summed E-state index contributed by atoms with van der Waals surface area (Å²) in [5.74, 6) is -0.401. The molecule has 11 nitrogen and oxygen atoms in total. The Bertz CT molecular complexity index is 2100. The van der Waals surface area contributed by atoms with E-state index in [0.29, 0.717) is 16.0 Å². The summed E-state index contributed by atoms with van der Waals surface area (Å²) in [7, 11) is -2.62. The predicted molar refractivity (Wildman–Crippen MR) is 195 cm³/mol. The number of hydrogen-bond acceptors (Lipinski definition) is 10. The van der Waals surface area contributed by atoms with Gasteiger partial charge in [0.05, 0.1) is 53.1 Å². The molecule has 3 heterocycles. The van der Waals surface area contributed by atoms with Gasteiger partial charge in [0, 0.05) is 34.0 Å². The molecule has 1 amide bonds. The van der Waals surface area contributed by atoms with E-state index in [9.17, 15) is 18.3 Å². The number of ether oxygens (including phenoxy) is 1. The number of aliphatic hydroxyl groups excluding tert-OH is 1. The number of benzene rings is 3. The molecule has 0 saturated carbocycles. The van der Waals surface area contributed by atoms with E-state index in [4.69, 9.17) is 4.74 Å². The molecule has 0 aliphatic heterocycles. The summed E-state index contributed by atoms with van der Waals surface area (Å²) in [5, 5.41) is 23.6. The van der Waals surface area contributed by atoms with Gasteiger partial charge in [0.1, 0.15) is 6.04 Å². The maximum Gasteiger partial charge on any atom is 0.244 e. The van der Waals surface area contributed by atoms with Crippen LogP contribution in [-0.2, 0) is 32.6 Å². The Kier molecular flexibility index (Phi) is 11.0. The van der Waals surface area contributed by atoms with Crippen molar-refractivity contribution in [2.75, 3.05) is 13.7 Å². The number of thiophene rings is 1. The van der Waals surface area contributed by atoms with Crippen molar-refractivity contribution in [3.8, 4) is 0 Å². The second kappa shape index (κ2) is 15.8. The minimum Gasteiger partial charge on any atom is -0.483 e. The van der Waals surface area contributed by atoms with Crippen molar-refractivity contribution >= 4 is 48.8 Å². The van der Waals surface area contributed by atoms with Crippen molar-refractivity contribution in [2.24, 2.45) is 0 Å². The van der Waals surface area contributed by atoms with Crippen LogP contribution in [0.15, 0.2) is 126 Å². The van der Waals surface area contributed by atoms with Gasteiger partial charge in [-0.25, -0.2) is 13.4 Å². The summed E-state index contributed by atoms with van der Waals surface area (Å²) in [6.45, 7) is 3.59. The lowest BCUT2D eigenvalue weighted by molar-refractivity contribution is -0.123. The van der Waals surface area contributed by atoms with Crippen LogP contribution in [0.1, 0.15) is 38.4 Å². The van der Waals surface area contributed by atoms with Gasteiger partial charge in [-0.1, -0.05) is 60.7 Å². The van der Waals surface area contributed by atoms with Crippen LogP contribution in [0, 0.1) is 0 Å². The maximum absolute atomic E-state index is 14.2. The molecule has 3 aromatic carbocycles. The summed E-state index contributed by atoms with van der Waals surface area (Å²) in [5.41, 5.74) is 4.76. The number of aliphatic hydroxyl groups is 1. The Morgan fingerprint density at radius 2 is 1.76 bits per heavy atom. The van der Waals surface area contributed by atoms with Gasteiger partial charge in [-0.15, -0.1) is 22.7 Å². The summed E-state index contributed by atoms with van der Waals surface area (Å²) >= 11 is 2.74. The molecule has 3 aromatic heterocycles. The molecule has 0 radical (unpaired) electrons. The van der Waals surface area contributed by atoms with Crippen molar-refractivity contribution in [3.63, 3.8) is 0 Å². The van der Waals surface area contributed by atoms with Crippen molar-refractivity contribution < 1.29 is 23.1 Å². The van der Waals surface area contributed by atoms with Crippen LogP contribution in [0.25, 0.3) is 10.2 Å². The van der Waals surface area contributed by atoms with E-state index in [1.807, 2.05) is 66.7 Å². The number of thiazole rings is 1. The van der Waals surface area contributed by atoms with E-state index >= 15 is 0 Å². The molecule has 6 aromatic rings. The molecule has 0 spiro atoms. The minimum atomic E-state index is -4.11. The fraction of sp³-hybridized carbons (Fsp3) is 0.194. The number of fused-ring (bicyclic) bond motifs is 1. The first-order valence-electron chi connectivity index (χ1n) is 15.7. The largest absolute Gasteiger partial charge is 0.483 e. The average molecular weight is 729 g/mol. The number of aromatic nitrogens is 3. The Balaban J connectivity index is 1.26. The first kappa shape index (κ1) is 35.0. The second-order valence-electron chi connectivity index (χ2n) is 11.4. The van der Waals surface area contributed by atoms with Crippen LogP contribution in [0.3, 0.4) is 0 Å². The van der Waals surface area contributed by atoms with Crippen LogP contribution in [-0.4, -0.2) is 58.7 Å². The highest BCUT2D eigenvalue weighted by atomic mass is 32.2. The highest BCUT2D eigenvalue weighted by Gasteiger charge is 2.35. The molecule has 0 aliphatic rings. The summed E-state index contributed by atoms with van der Waals surface area (Å²) in [6, 6.07) is 26.3. The van der Waals surface area contributed by atoms with Crippen molar-refractivity contribution in [1.29, 1.82) is 0 Å². The normalized spacial score (nSPS) is 13.0. The lowest BCUT2D eigenvalue weighted by Gasteiger charge is -2.29. The van der Waals surface area contributed by atoms with Gasteiger partial charge in [0.15, 0.2) is 5.88 Å². The highest BCUT2D eigenvalue weighted by molar-refractivity contribution is 7.89. The molecule has 14 heteroatoms. The molecule has 0 unspecified atom stereocenters. The molecule has 2 atom stereocenters. The molecule has 50 heavy (non-hydrogen) atoms. The first-order chi connectivity index (χ1) is 24.3. The van der Waals surface area contributed by atoms with Gasteiger partial charge in [-0.3, -0.25) is 9.89 Å². The van der Waals surface area contributed by atoms with Gasteiger partial charge in [-0.2, -0.15) is 9.40 Å². The van der Waals surface area contributed by atoms with Gasteiger partial charge >= 0.3 is 0 Å². The minimum absolute atomic E-state index is 0.0276. The van der Waals surface area contributed by atoms with Crippen LogP contribution < -0.4 is 10.6 Å². The number of sulfonamides is 1. The zero-order valence-corrected chi connectivity index (χ0v) is 29.5. The monoisotopic (exact) mass is 728 g/mol. The third-order valence-electron chi connectivity index (χ3n) is 8.27. The van der Waals surface area contributed by atoms with Gasteiger partial charge in [0.2, 0.25) is 15.9 Å². The number of hydrogen-bond donors (Lipinski definition) is 4. The smallest absolute Gasteiger partial charge is 0.244 e. The van der Waals surface area contributed by atoms with Gasteiger partial charge < -0.3 is 20.5 Å². The van der Waals surface area contributed by atoms with E-state index < -0.39 is 28.7 Å². The van der Waals surface area contributed by atoms with E-state index in [2.05, 4.69) is 32.4 Å². The molecule has 0 bridgehead atoms. The molecule has 258 valence electrons. The number of nitrogens with zero attached hydrogens (tertiary/aromatic N) is 3.